The highest BCUT2D eigenvalue weighted by molar-refractivity contribution is 5.64. The number of rotatable bonds is 6. The molecular formula is C21H30N6O2. The van der Waals surface area contributed by atoms with Gasteiger partial charge in [0.15, 0.2) is 0 Å². The van der Waals surface area contributed by atoms with Crippen LogP contribution in [0.4, 0.5) is 4.79 Å². The van der Waals surface area contributed by atoms with E-state index in [1.165, 1.54) is 0 Å². The van der Waals surface area contributed by atoms with E-state index in [1.807, 2.05) is 36.5 Å². The fourth-order valence-electron chi connectivity index (χ4n) is 4.25. The van der Waals surface area contributed by atoms with Crippen molar-refractivity contribution in [3.05, 3.63) is 54.1 Å². The molecule has 0 bridgehead atoms. The van der Waals surface area contributed by atoms with Crippen LogP contribution in [0.5, 0.6) is 0 Å². The summed E-state index contributed by atoms with van der Waals surface area (Å²) in [4.78, 5) is 18.3. The Morgan fingerprint density at radius 3 is 2.69 bits per heavy atom. The van der Waals surface area contributed by atoms with Crippen LogP contribution >= 0.6 is 0 Å². The topological polar surface area (TPSA) is 106 Å². The molecule has 1 saturated heterocycles. The van der Waals surface area contributed by atoms with Crippen molar-refractivity contribution in [2.45, 2.75) is 38.8 Å². The third-order valence-corrected chi connectivity index (χ3v) is 5.50. The van der Waals surface area contributed by atoms with E-state index in [0.29, 0.717) is 13.0 Å². The van der Waals surface area contributed by atoms with Crippen LogP contribution in [-0.2, 0) is 10.3 Å². The molecule has 1 amide bonds. The maximum Gasteiger partial charge on any atom is 0.404 e. The summed E-state index contributed by atoms with van der Waals surface area (Å²) in [6, 6.07) is 9.94. The number of nitrogens with two attached hydrogens (primary N) is 1. The molecule has 3 N–H and O–H groups in total. The van der Waals surface area contributed by atoms with Gasteiger partial charge in [0.1, 0.15) is 5.54 Å². The smallest absolute Gasteiger partial charge is 0.404 e. The van der Waals surface area contributed by atoms with Gasteiger partial charge in [-0.2, -0.15) is 10.2 Å². The first-order valence-corrected chi connectivity index (χ1v) is 9.95. The number of piperazine rings is 1. The summed E-state index contributed by atoms with van der Waals surface area (Å²) < 4.78 is 5.09. The van der Waals surface area contributed by atoms with Gasteiger partial charge in [-0.3, -0.25) is 9.88 Å². The largest absolute Gasteiger partial charge is 0.450 e. The fraction of sp³-hybridized carbons (Fsp3) is 0.524. The average molecular weight is 399 g/mol. The van der Waals surface area contributed by atoms with E-state index < -0.39 is 11.6 Å². The summed E-state index contributed by atoms with van der Waals surface area (Å²) in [5.74, 6) is 0. The predicted molar refractivity (Wildman–Crippen MR) is 110 cm³/mol. The number of hydrogen-bond donors (Lipinski definition) is 2. The number of primary amides is 1. The van der Waals surface area contributed by atoms with Gasteiger partial charge in [0, 0.05) is 38.1 Å². The summed E-state index contributed by atoms with van der Waals surface area (Å²) in [6.45, 7) is 9.16. The van der Waals surface area contributed by atoms with Gasteiger partial charge in [-0.25, -0.2) is 4.79 Å². The van der Waals surface area contributed by atoms with Crippen LogP contribution < -0.4 is 11.1 Å². The Morgan fingerprint density at radius 2 is 2.07 bits per heavy atom. The Kier molecular flexibility index (Phi) is 6.44. The lowest BCUT2D eigenvalue weighted by molar-refractivity contribution is -0.0202. The molecule has 0 saturated carbocycles. The molecule has 8 heteroatoms. The van der Waals surface area contributed by atoms with Crippen LogP contribution in [0.1, 0.15) is 38.6 Å². The van der Waals surface area contributed by atoms with Crippen LogP contribution in [-0.4, -0.2) is 58.5 Å². The molecular weight excluding hydrogens is 368 g/mol. The van der Waals surface area contributed by atoms with E-state index in [0.717, 1.165) is 24.5 Å². The van der Waals surface area contributed by atoms with Gasteiger partial charge in [0.25, 0.3) is 0 Å². The van der Waals surface area contributed by atoms with Gasteiger partial charge < -0.3 is 15.8 Å². The standard InChI is InChI=1S/C21H30N6O2/c1-20(2,3)18(9-14-29-19(22)28)27-13-12-23-15-21(27,16-7-4-5-10-24-16)17-8-6-11-25-26-17/h4-8,10-11,18,23H,9,12-15H2,1-3H3,(H2,22,28). The van der Waals surface area contributed by atoms with Crippen molar-refractivity contribution < 1.29 is 9.53 Å². The number of nitrogens with one attached hydrogen (secondary N) is 1. The number of hydrogen-bond acceptors (Lipinski definition) is 7. The zero-order valence-corrected chi connectivity index (χ0v) is 17.3. The number of carbonyl (C=O) groups excluding carboxylic acids is 1. The van der Waals surface area contributed by atoms with Crippen LogP contribution in [0.3, 0.4) is 0 Å². The number of pyridine rings is 1. The Hall–Kier alpha value is -2.58. The zero-order chi connectivity index (χ0) is 20.9. The number of ether oxygens (including phenoxy) is 1. The molecule has 1 aliphatic heterocycles. The van der Waals surface area contributed by atoms with Crippen molar-refractivity contribution in [2.24, 2.45) is 11.1 Å². The van der Waals surface area contributed by atoms with Crippen LogP contribution in [0.2, 0.25) is 0 Å². The molecule has 8 nitrogen and oxygen atoms in total. The van der Waals surface area contributed by atoms with Gasteiger partial charge >= 0.3 is 6.09 Å². The third-order valence-electron chi connectivity index (χ3n) is 5.50. The quantitative estimate of drug-likeness (QED) is 0.765. The summed E-state index contributed by atoms with van der Waals surface area (Å²) in [7, 11) is 0. The molecule has 1 fully saturated rings. The van der Waals surface area contributed by atoms with E-state index in [-0.39, 0.29) is 18.1 Å². The monoisotopic (exact) mass is 398 g/mol. The maximum atomic E-state index is 11.1. The number of carbonyl (C=O) groups is 1. The Bertz CT molecular complexity index is 754. The molecule has 3 rings (SSSR count). The second kappa shape index (κ2) is 8.84. The lowest BCUT2D eigenvalue weighted by atomic mass is 9.77. The third kappa shape index (κ3) is 4.54. The molecule has 0 radical (unpaired) electrons. The van der Waals surface area contributed by atoms with Crippen molar-refractivity contribution in [3.63, 3.8) is 0 Å². The average Bonchev–Trinajstić information content (AvgIpc) is 2.71. The molecule has 3 heterocycles. The number of amides is 1. The number of aromatic nitrogens is 3. The van der Waals surface area contributed by atoms with Crippen molar-refractivity contribution >= 4 is 6.09 Å². The highest BCUT2D eigenvalue weighted by Crippen LogP contribution is 2.41. The minimum absolute atomic E-state index is 0.0828. The first-order chi connectivity index (χ1) is 13.9. The van der Waals surface area contributed by atoms with Gasteiger partial charge in [-0.1, -0.05) is 26.8 Å². The van der Waals surface area contributed by atoms with Crippen LogP contribution in [0.15, 0.2) is 42.7 Å². The first-order valence-electron chi connectivity index (χ1n) is 9.95. The van der Waals surface area contributed by atoms with Crippen molar-refractivity contribution in [2.75, 3.05) is 26.2 Å². The Morgan fingerprint density at radius 1 is 1.28 bits per heavy atom. The summed E-state index contributed by atoms with van der Waals surface area (Å²) in [5, 5.41) is 12.2. The van der Waals surface area contributed by atoms with E-state index >= 15 is 0 Å². The molecule has 0 aliphatic carbocycles. The van der Waals surface area contributed by atoms with Crippen LogP contribution in [0.25, 0.3) is 0 Å². The predicted octanol–water partition coefficient (Wildman–Crippen LogP) is 1.92. The van der Waals surface area contributed by atoms with Crippen molar-refractivity contribution in [1.82, 2.24) is 25.4 Å². The van der Waals surface area contributed by atoms with Gasteiger partial charge in [0.05, 0.1) is 18.0 Å². The lowest BCUT2D eigenvalue weighted by Crippen LogP contribution is -2.65. The van der Waals surface area contributed by atoms with Gasteiger partial charge in [-0.15, -0.1) is 0 Å². The minimum atomic E-state index is -0.747. The number of nitrogens with zero attached hydrogens (tertiary/aromatic N) is 4. The second-order valence-electron chi connectivity index (χ2n) is 8.39. The normalized spacial score (nSPS) is 21.5. The molecule has 2 aromatic heterocycles. The Labute approximate surface area is 171 Å². The molecule has 29 heavy (non-hydrogen) atoms. The molecule has 1 aliphatic rings. The van der Waals surface area contributed by atoms with E-state index in [1.54, 1.807) is 6.20 Å². The fourth-order valence-corrected chi connectivity index (χ4v) is 4.25. The highest BCUT2D eigenvalue weighted by atomic mass is 16.5. The minimum Gasteiger partial charge on any atom is -0.450 e. The SMILES string of the molecule is CC(C)(C)C(CCOC(N)=O)N1CCNCC1(c1ccccn1)c1cccnn1. The van der Waals surface area contributed by atoms with Crippen LogP contribution in [0, 0.1) is 5.41 Å². The molecule has 0 spiro atoms. The van der Waals surface area contributed by atoms with E-state index in [9.17, 15) is 4.79 Å². The Balaban J connectivity index is 2.10. The van der Waals surface area contributed by atoms with Gasteiger partial charge in [-0.05, 0) is 36.1 Å². The van der Waals surface area contributed by atoms with Gasteiger partial charge in [0.2, 0.25) is 0 Å². The van der Waals surface area contributed by atoms with E-state index in [2.05, 4.69) is 41.2 Å². The highest BCUT2D eigenvalue weighted by Gasteiger charge is 2.49. The lowest BCUT2D eigenvalue weighted by Gasteiger charge is -2.53. The molecule has 2 atom stereocenters. The first kappa shape index (κ1) is 21.1. The molecule has 2 unspecified atom stereocenters. The summed E-state index contributed by atoms with van der Waals surface area (Å²) >= 11 is 0. The van der Waals surface area contributed by atoms with Crippen molar-refractivity contribution in [3.8, 4) is 0 Å². The zero-order valence-electron chi connectivity index (χ0n) is 17.3. The molecule has 0 aromatic carbocycles. The molecule has 2 aromatic rings. The molecule has 156 valence electrons. The van der Waals surface area contributed by atoms with E-state index in [4.69, 9.17) is 15.5 Å². The summed E-state index contributed by atoms with van der Waals surface area (Å²) in [5.41, 5.74) is 6.28. The maximum absolute atomic E-state index is 11.1. The second-order valence-corrected chi connectivity index (χ2v) is 8.39. The summed E-state index contributed by atoms with van der Waals surface area (Å²) in [6.07, 6.45) is 3.39. The van der Waals surface area contributed by atoms with Crippen molar-refractivity contribution in [1.29, 1.82) is 0 Å².